The Morgan fingerprint density at radius 2 is 0.737 bits per heavy atom. The van der Waals surface area contributed by atoms with Crippen molar-refractivity contribution >= 4 is 41.5 Å². The third-order valence-corrected chi connectivity index (χ3v) is 6.75. The smallest absolute Gasteiger partial charge is 0.106 e. The van der Waals surface area contributed by atoms with Gasteiger partial charge in [-0.3, -0.25) is 0 Å². The van der Waals surface area contributed by atoms with Gasteiger partial charge in [0.15, 0.2) is 0 Å². The fourth-order valence-corrected chi connectivity index (χ4v) is 4.48. The van der Waals surface area contributed by atoms with Gasteiger partial charge in [0.1, 0.15) is 27.2 Å². The van der Waals surface area contributed by atoms with Gasteiger partial charge < -0.3 is 19.2 Å². The van der Waals surface area contributed by atoms with Crippen molar-refractivity contribution in [1.82, 2.24) is 0 Å². The quantitative estimate of drug-likeness (QED) is 0.528. The third-order valence-electron chi connectivity index (χ3n) is 1.30. The van der Waals surface area contributed by atoms with E-state index in [-0.39, 0.29) is 16.8 Å². The van der Waals surface area contributed by atoms with E-state index in [2.05, 4.69) is 19.7 Å². The molecule has 112 valence electrons. The first kappa shape index (κ1) is 36.1. The molecule has 0 aliphatic carbocycles. The van der Waals surface area contributed by atoms with E-state index >= 15 is 0 Å². The molecule has 0 aliphatic heterocycles. The van der Waals surface area contributed by atoms with E-state index in [9.17, 15) is 0 Å². The van der Waals surface area contributed by atoms with E-state index < -0.39 is 14.3 Å². The van der Waals surface area contributed by atoms with Crippen molar-refractivity contribution < 1.29 is 36.0 Å². The van der Waals surface area contributed by atoms with Crippen LogP contribution in [0.2, 0.25) is 15.8 Å². The van der Waals surface area contributed by atoms with E-state index in [1.807, 2.05) is 45.4 Å². The maximum absolute atomic E-state index is 8.00. The zero-order valence-corrected chi connectivity index (χ0v) is 14.4. The summed E-state index contributed by atoms with van der Waals surface area (Å²) >= 11 is -0.840. The number of carbonyl (C=O) groups is 4. The number of hydrogen-bond acceptors (Lipinski definition) is 4. The first-order chi connectivity index (χ1) is 8.85. The second-order valence-corrected chi connectivity index (χ2v) is 7.95. The van der Waals surface area contributed by atoms with Crippen LogP contribution in [0.25, 0.3) is 0 Å². The van der Waals surface area contributed by atoms with Crippen LogP contribution in [-0.4, -0.2) is 41.5 Å². The van der Waals surface area contributed by atoms with Gasteiger partial charge >= 0.3 is 68.1 Å². The second-order valence-electron chi connectivity index (χ2n) is 2.23. The van der Waals surface area contributed by atoms with Crippen LogP contribution in [0.3, 0.4) is 0 Å². The molecule has 0 aromatic rings. The van der Waals surface area contributed by atoms with Crippen LogP contribution >= 0.6 is 0 Å². The van der Waals surface area contributed by atoms with Crippen LogP contribution in [0.15, 0.2) is 38.0 Å². The topological polar surface area (TPSA) is 68.3 Å². The Bertz CT molecular complexity index is 148. The van der Waals surface area contributed by atoms with Gasteiger partial charge in [-0.15, -0.1) is 0 Å². The largest absolute Gasteiger partial charge is 0.307 e. The van der Waals surface area contributed by atoms with E-state index in [4.69, 9.17) is 19.2 Å². The molecule has 0 saturated heterocycles. The van der Waals surface area contributed by atoms with E-state index in [0.29, 0.717) is 0 Å². The molecule has 6 heteroatoms. The normalized spacial score (nSPS) is 5.74. The second kappa shape index (κ2) is 68.2. The number of carbonyl (C=O) groups excluding carboxylic acids is 4. The summed E-state index contributed by atoms with van der Waals surface area (Å²) in [6.45, 7) is 19.2. The number of hydrogen-bond donors (Lipinski definition) is 0. The molecule has 4 nitrogen and oxygen atoms in total. The minimum atomic E-state index is -0.840. The van der Waals surface area contributed by atoms with Gasteiger partial charge in [0.05, 0.1) is 0 Å². The summed E-state index contributed by atoms with van der Waals surface area (Å²) in [6.07, 6.45) is 6.09. The zero-order valence-electron chi connectivity index (χ0n) is 11.3. The van der Waals surface area contributed by atoms with Crippen LogP contribution in [0.1, 0.15) is 0 Å². The van der Waals surface area contributed by atoms with Gasteiger partial charge in [-0.1, -0.05) is 0 Å². The van der Waals surface area contributed by atoms with Crippen molar-refractivity contribution in [2.75, 3.05) is 0 Å². The number of rotatable bonds is 6. The van der Waals surface area contributed by atoms with Gasteiger partial charge in [0.2, 0.25) is 0 Å². The molecule has 19 heavy (non-hydrogen) atoms. The van der Waals surface area contributed by atoms with Gasteiger partial charge in [0, 0.05) is 16.8 Å². The van der Waals surface area contributed by atoms with E-state index in [0.717, 1.165) is 0 Å². The van der Waals surface area contributed by atoms with Crippen LogP contribution in [-0.2, 0) is 36.0 Å². The Morgan fingerprint density at radius 3 is 0.842 bits per heavy atom. The van der Waals surface area contributed by atoms with Crippen molar-refractivity contribution in [2.24, 2.45) is 0 Å². The number of allylic oxidation sites excluding steroid dienone is 3. The van der Waals surface area contributed by atoms with Crippen LogP contribution in [0, 0.1) is 0 Å². The van der Waals surface area contributed by atoms with Crippen molar-refractivity contribution in [2.45, 2.75) is 15.8 Å². The van der Waals surface area contributed by atoms with Crippen molar-refractivity contribution in [3.8, 4) is 0 Å². The summed E-state index contributed by atoms with van der Waals surface area (Å²) in [6, 6.07) is 0. The van der Waals surface area contributed by atoms with Crippen molar-refractivity contribution in [3.05, 3.63) is 38.0 Å². The Labute approximate surface area is 131 Å². The fourth-order valence-electron chi connectivity index (χ4n) is 0.862. The molecule has 0 aromatic heterocycles. The van der Waals surface area contributed by atoms with E-state index in [1.165, 1.54) is 15.8 Å². The maximum Gasteiger partial charge on any atom is 0.106 e. The van der Waals surface area contributed by atoms with Crippen LogP contribution < -0.4 is 0 Å². The minimum Gasteiger partial charge on any atom is -0.307 e. The monoisotopic (exact) mass is 376 g/mol. The third kappa shape index (κ3) is 59.9. The van der Waals surface area contributed by atoms with Crippen molar-refractivity contribution in [3.63, 3.8) is 0 Å². The molecule has 0 N–H and O–H groups in total. The molecule has 0 spiro atoms. The summed E-state index contributed by atoms with van der Waals surface area (Å²) in [5.41, 5.74) is 0. The van der Waals surface area contributed by atoms with Crippen molar-refractivity contribution in [1.29, 1.82) is 0 Å². The van der Waals surface area contributed by atoms with Crippen LogP contribution in [0.4, 0.5) is 0 Å². The standard InChI is InChI=1S/C9H15Ge.4CH2O.Co/c1-4-7-10(8-5-2)9-6-3;4*1-2;/h4-6H,1-3,7-9H2;4*1H2;. The molecular formula is C13H23CoGeO4. The molecule has 0 atom stereocenters. The maximum atomic E-state index is 8.00. The molecule has 0 rings (SSSR count). The molecule has 0 aromatic carbocycles. The molecule has 0 saturated carbocycles. The summed E-state index contributed by atoms with van der Waals surface area (Å²) < 4.78 is 0. The van der Waals surface area contributed by atoms with Crippen LogP contribution in [0.5, 0.6) is 0 Å². The summed E-state index contributed by atoms with van der Waals surface area (Å²) in [7, 11) is 0. The molecule has 2 radical (unpaired) electrons. The van der Waals surface area contributed by atoms with Gasteiger partial charge in [-0.2, -0.15) is 0 Å². The average molecular weight is 375 g/mol. The Balaban J connectivity index is -0.0000000401. The Hall–Kier alpha value is -1.05. The van der Waals surface area contributed by atoms with Gasteiger partial charge in [-0.05, 0) is 0 Å². The van der Waals surface area contributed by atoms with Gasteiger partial charge in [-0.25, -0.2) is 0 Å². The molecule has 0 bridgehead atoms. The molecule has 0 unspecified atom stereocenters. The predicted molar refractivity (Wildman–Crippen MR) is 79.3 cm³/mol. The van der Waals surface area contributed by atoms with E-state index in [1.54, 1.807) is 0 Å². The first-order valence-electron chi connectivity index (χ1n) is 4.66. The zero-order chi connectivity index (χ0) is 15.8. The molecule has 0 aliphatic rings. The average Bonchev–Trinajstić information content (AvgIpc) is 2.48. The first-order valence-corrected chi connectivity index (χ1v) is 9.12. The Morgan fingerprint density at radius 1 is 0.579 bits per heavy atom. The molecule has 0 fully saturated rings. The fraction of sp³-hybridized carbons (Fsp3) is 0.231. The molecule has 0 amide bonds. The minimum absolute atomic E-state index is 0. The summed E-state index contributed by atoms with van der Waals surface area (Å²) in [4.78, 5) is 32.0. The molecular weight excluding hydrogens is 352 g/mol. The Kier molecular flexibility index (Phi) is 130. The summed E-state index contributed by atoms with van der Waals surface area (Å²) in [5.74, 6) is 0. The summed E-state index contributed by atoms with van der Waals surface area (Å²) in [5, 5.41) is 3.70. The molecule has 0 heterocycles. The SMILES string of the molecule is C=C[CH2][Ge]([CH2]C=C)[CH2]C=C.C=O.C=O.C=O.C=O.[Co]. The van der Waals surface area contributed by atoms with Gasteiger partial charge in [0.25, 0.3) is 0 Å². The predicted octanol–water partition coefficient (Wildman–Crippen LogP) is 2.30.